The molecule has 14 heavy (non-hydrogen) atoms. The van der Waals surface area contributed by atoms with Gasteiger partial charge in [-0.05, 0) is 28.1 Å². The van der Waals surface area contributed by atoms with Gasteiger partial charge in [-0.25, -0.2) is 0 Å². The van der Waals surface area contributed by atoms with Crippen LogP contribution in [0.15, 0.2) is 16.6 Å². The lowest BCUT2D eigenvalue weighted by Crippen LogP contribution is -2.12. The molecule has 0 atom stereocenters. The van der Waals surface area contributed by atoms with E-state index in [1.54, 1.807) is 12.1 Å². The molecule has 0 saturated heterocycles. The SMILES string of the molecule is O=C(CBr)Nc1ccc(Br)c(Cl)c1Cl. The molecule has 0 fully saturated rings. The first-order valence-electron chi connectivity index (χ1n) is 3.55. The van der Waals surface area contributed by atoms with Crippen molar-refractivity contribution >= 4 is 66.7 Å². The van der Waals surface area contributed by atoms with Gasteiger partial charge in [-0.15, -0.1) is 0 Å². The number of benzene rings is 1. The highest BCUT2D eigenvalue weighted by Crippen LogP contribution is 2.35. The van der Waals surface area contributed by atoms with Gasteiger partial charge in [-0.1, -0.05) is 39.1 Å². The molecule has 0 aliphatic carbocycles. The number of halogens is 4. The summed E-state index contributed by atoms with van der Waals surface area (Å²) in [5.74, 6) is -0.176. The second-order valence-corrected chi connectivity index (χ2v) is 4.58. The summed E-state index contributed by atoms with van der Waals surface area (Å²) in [4.78, 5) is 11.1. The summed E-state index contributed by atoms with van der Waals surface area (Å²) in [5.41, 5.74) is 0.504. The summed E-state index contributed by atoms with van der Waals surface area (Å²) in [6, 6.07) is 3.40. The van der Waals surface area contributed by atoms with E-state index in [1.807, 2.05) is 0 Å². The molecule has 1 rings (SSSR count). The first kappa shape index (κ1) is 12.3. The van der Waals surface area contributed by atoms with E-state index < -0.39 is 0 Å². The molecule has 0 aliphatic rings. The van der Waals surface area contributed by atoms with E-state index >= 15 is 0 Å². The number of hydrogen-bond acceptors (Lipinski definition) is 1. The van der Waals surface area contributed by atoms with E-state index in [-0.39, 0.29) is 11.2 Å². The summed E-state index contributed by atoms with van der Waals surface area (Å²) >= 11 is 18.0. The Kier molecular flexibility index (Phi) is 4.70. The highest BCUT2D eigenvalue weighted by atomic mass is 79.9. The molecule has 1 aromatic rings. The van der Waals surface area contributed by atoms with Crippen molar-refractivity contribution in [2.24, 2.45) is 0 Å². The lowest BCUT2D eigenvalue weighted by Gasteiger charge is -2.07. The zero-order valence-electron chi connectivity index (χ0n) is 6.78. The quantitative estimate of drug-likeness (QED) is 0.624. The normalized spacial score (nSPS) is 10.0. The highest BCUT2D eigenvalue weighted by Gasteiger charge is 2.09. The molecule has 0 spiro atoms. The van der Waals surface area contributed by atoms with Crippen LogP contribution in [0.4, 0.5) is 5.69 Å². The second-order valence-electron chi connectivity index (χ2n) is 2.40. The van der Waals surface area contributed by atoms with Crippen molar-refractivity contribution < 1.29 is 4.79 Å². The lowest BCUT2D eigenvalue weighted by molar-refractivity contribution is -0.113. The van der Waals surface area contributed by atoms with Crippen molar-refractivity contribution in [3.05, 3.63) is 26.7 Å². The van der Waals surface area contributed by atoms with Crippen molar-refractivity contribution in [1.29, 1.82) is 0 Å². The Bertz CT molecular complexity index is 371. The van der Waals surface area contributed by atoms with Crippen molar-refractivity contribution in [3.8, 4) is 0 Å². The molecular formula is C8H5Br2Cl2NO. The third-order valence-corrected chi connectivity index (χ3v) is 3.71. The average Bonchev–Trinajstić information content (AvgIpc) is 2.19. The third kappa shape index (κ3) is 2.86. The molecule has 2 nitrogen and oxygen atoms in total. The number of anilines is 1. The van der Waals surface area contributed by atoms with Crippen LogP contribution in [0.25, 0.3) is 0 Å². The second kappa shape index (κ2) is 5.35. The van der Waals surface area contributed by atoms with Gasteiger partial charge < -0.3 is 5.32 Å². The standard InChI is InChI=1S/C8H5Br2Cl2NO/c9-3-6(14)13-5-2-1-4(10)7(11)8(5)12/h1-2H,3H2,(H,13,14). The Morgan fingerprint density at radius 3 is 2.57 bits per heavy atom. The lowest BCUT2D eigenvalue weighted by atomic mass is 10.3. The number of hydrogen-bond donors (Lipinski definition) is 1. The minimum Gasteiger partial charge on any atom is -0.324 e. The predicted octanol–water partition coefficient (Wildman–Crippen LogP) is 4.09. The largest absolute Gasteiger partial charge is 0.324 e. The first-order valence-corrected chi connectivity index (χ1v) is 6.22. The minimum absolute atomic E-state index is 0.176. The molecule has 1 amide bonds. The molecule has 0 heterocycles. The molecule has 0 bridgehead atoms. The molecule has 0 radical (unpaired) electrons. The Balaban J connectivity index is 3.00. The van der Waals surface area contributed by atoms with E-state index in [0.717, 1.165) is 0 Å². The third-order valence-electron chi connectivity index (χ3n) is 1.43. The molecule has 0 unspecified atom stereocenters. The van der Waals surface area contributed by atoms with Gasteiger partial charge in [0.15, 0.2) is 0 Å². The van der Waals surface area contributed by atoms with Gasteiger partial charge in [0.25, 0.3) is 0 Å². The van der Waals surface area contributed by atoms with Gasteiger partial charge in [-0.3, -0.25) is 4.79 Å². The molecule has 1 aromatic carbocycles. The number of alkyl halides is 1. The van der Waals surface area contributed by atoms with Crippen molar-refractivity contribution in [3.63, 3.8) is 0 Å². The highest BCUT2D eigenvalue weighted by molar-refractivity contribution is 9.10. The Morgan fingerprint density at radius 2 is 2.00 bits per heavy atom. The van der Waals surface area contributed by atoms with E-state index in [1.165, 1.54) is 0 Å². The number of amides is 1. The summed E-state index contributed by atoms with van der Waals surface area (Å²) in [7, 11) is 0. The molecule has 0 saturated carbocycles. The number of carbonyl (C=O) groups is 1. The first-order chi connectivity index (χ1) is 6.56. The molecule has 1 N–H and O–H groups in total. The number of nitrogens with one attached hydrogen (secondary N) is 1. The fraction of sp³-hybridized carbons (Fsp3) is 0.125. The topological polar surface area (TPSA) is 29.1 Å². The summed E-state index contributed by atoms with van der Waals surface area (Å²) in [6.45, 7) is 0. The Hall–Kier alpha value is 0.230. The molecule has 0 aliphatic heterocycles. The Morgan fingerprint density at radius 1 is 1.36 bits per heavy atom. The van der Waals surface area contributed by atoms with Crippen LogP contribution in [0.5, 0.6) is 0 Å². The van der Waals surface area contributed by atoms with Crippen LogP contribution in [0, 0.1) is 0 Å². The average molecular weight is 362 g/mol. The summed E-state index contributed by atoms with van der Waals surface area (Å²) < 4.78 is 0.695. The van der Waals surface area contributed by atoms with Crippen molar-refractivity contribution in [2.75, 3.05) is 10.6 Å². The zero-order valence-corrected chi connectivity index (χ0v) is 11.5. The summed E-state index contributed by atoms with van der Waals surface area (Å²) in [5, 5.41) is 3.54. The molecular weight excluding hydrogens is 357 g/mol. The molecule has 0 aromatic heterocycles. The maximum absolute atomic E-state index is 11.1. The van der Waals surface area contributed by atoms with Crippen LogP contribution in [-0.4, -0.2) is 11.2 Å². The fourth-order valence-corrected chi connectivity index (χ4v) is 1.77. The van der Waals surface area contributed by atoms with Gasteiger partial charge in [0.2, 0.25) is 5.91 Å². The minimum atomic E-state index is -0.176. The maximum Gasteiger partial charge on any atom is 0.235 e. The number of rotatable bonds is 2. The van der Waals surface area contributed by atoms with Crippen LogP contribution in [-0.2, 0) is 4.79 Å². The zero-order chi connectivity index (χ0) is 10.7. The van der Waals surface area contributed by atoms with E-state index in [9.17, 15) is 4.79 Å². The Labute approximate surface area is 108 Å². The smallest absolute Gasteiger partial charge is 0.235 e. The predicted molar refractivity (Wildman–Crippen MR) is 66.6 cm³/mol. The fourth-order valence-electron chi connectivity index (χ4n) is 0.806. The van der Waals surface area contributed by atoms with Gasteiger partial charge in [-0.2, -0.15) is 0 Å². The van der Waals surface area contributed by atoms with Crippen LogP contribution < -0.4 is 5.32 Å². The van der Waals surface area contributed by atoms with Crippen LogP contribution in [0.2, 0.25) is 10.0 Å². The monoisotopic (exact) mass is 359 g/mol. The van der Waals surface area contributed by atoms with Crippen molar-refractivity contribution in [2.45, 2.75) is 0 Å². The number of carbonyl (C=O) groups excluding carboxylic acids is 1. The summed E-state index contributed by atoms with van der Waals surface area (Å²) in [6.07, 6.45) is 0. The molecule has 6 heteroatoms. The van der Waals surface area contributed by atoms with Gasteiger partial charge in [0.05, 0.1) is 21.1 Å². The van der Waals surface area contributed by atoms with E-state index in [2.05, 4.69) is 37.2 Å². The van der Waals surface area contributed by atoms with Crippen LogP contribution >= 0.6 is 55.1 Å². The van der Waals surface area contributed by atoms with Crippen LogP contribution in [0.3, 0.4) is 0 Å². The van der Waals surface area contributed by atoms with Gasteiger partial charge >= 0.3 is 0 Å². The van der Waals surface area contributed by atoms with Gasteiger partial charge in [0.1, 0.15) is 0 Å². The maximum atomic E-state index is 11.1. The molecule has 76 valence electrons. The van der Waals surface area contributed by atoms with Crippen molar-refractivity contribution in [1.82, 2.24) is 0 Å². The van der Waals surface area contributed by atoms with E-state index in [0.29, 0.717) is 20.2 Å². The van der Waals surface area contributed by atoms with Gasteiger partial charge in [0, 0.05) is 4.47 Å². The van der Waals surface area contributed by atoms with E-state index in [4.69, 9.17) is 23.2 Å². The van der Waals surface area contributed by atoms with Crippen LogP contribution in [0.1, 0.15) is 0 Å².